The van der Waals surface area contributed by atoms with Crippen LogP contribution in [0.5, 0.6) is 0 Å². The second-order valence-electron chi connectivity index (χ2n) is 10.1. The van der Waals surface area contributed by atoms with Crippen LogP contribution in [0.15, 0.2) is 75.0 Å². The van der Waals surface area contributed by atoms with E-state index in [0.717, 1.165) is 29.2 Å². The number of aryl methyl sites for hydroxylation is 2. The quantitative estimate of drug-likeness (QED) is 0.105. The van der Waals surface area contributed by atoms with Gasteiger partial charge in [0.15, 0.2) is 27.2 Å². The van der Waals surface area contributed by atoms with E-state index in [4.69, 9.17) is 4.42 Å². The van der Waals surface area contributed by atoms with Crippen molar-refractivity contribution >= 4 is 21.6 Å². The normalized spacial score (nSPS) is 12.6. The molecule has 0 aliphatic rings. The molecule has 0 fully saturated rings. The van der Waals surface area contributed by atoms with E-state index in [0.29, 0.717) is 0 Å². The third-order valence-electron chi connectivity index (χ3n) is 6.80. The molecule has 2 aromatic heterocycles. The summed E-state index contributed by atoms with van der Waals surface area (Å²) >= 11 is -0.321. The number of halogens is 7. The van der Waals surface area contributed by atoms with Gasteiger partial charge in [-0.05, 0) is 60.6 Å². The van der Waals surface area contributed by atoms with Crippen LogP contribution < -0.4 is 0 Å². The van der Waals surface area contributed by atoms with Crippen molar-refractivity contribution in [3.63, 3.8) is 0 Å². The maximum Gasteiger partial charge on any atom is 0.446 e. The molecular formula is C30H22F7N3O4S2. The number of nitrogens with zero attached hydrogens (tertiary/aromatic N) is 3. The van der Waals surface area contributed by atoms with Crippen molar-refractivity contribution in [3.8, 4) is 39.4 Å². The Bertz CT molecular complexity index is 2050. The molecule has 0 radical (unpaired) electrons. The van der Waals surface area contributed by atoms with Gasteiger partial charge in [-0.1, -0.05) is 18.2 Å². The van der Waals surface area contributed by atoms with Crippen molar-refractivity contribution in [3.05, 3.63) is 89.6 Å². The van der Waals surface area contributed by atoms with Gasteiger partial charge in [0.05, 0.1) is 17.2 Å². The fourth-order valence-electron chi connectivity index (χ4n) is 4.82. The number of hydrogen-bond acceptors (Lipinski definition) is 7. The second-order valence-corrected chi connectivity index (χ2v) is 13.2. The predicted octanol–water partition coefficient (Wildman–Crippen LogP) is 8.14. The number of oxazole rings is 1. The minimum atomic E-state index is -4.78. The van der Waals surface area contributed by atoms with E-state index in [1.54, 1.807) is 0 Å². The SMILES string of the molecule is Cc1nc(-c2cc(-c3cc(F)c(CO)cc3S(C)(=O)=O)ccc2-n2cc(C(F)(F)F)nc2C)c(-c2ccc(SC(F)(F)F)cc2)o1. The molecule has 0 spiro atoms. The average Bonchev–Trinajstić information content (AvgIpc) is 3.54. The number of aliphatic hydroxyl groups is 1. The Balaban J connectivity index is 1.78. The summed E-state index contributed by atoms with van der Waals surface area (Å²) in [6.07, 6.45) is -3.12. The second kappa shape index (κ2) is 11.9. The smallest absolute Gasteiger partial charge is 0.440 e. The summed E-state index contributed by atoms with van der Waals surface area (Å²) in [6.45, 7) is 2.05. The number of rotatable bonds is 7. The summed E-state index contributed by atoms with van der Waals surface area (Å²) in [6, 6.07) is 11.2. The maximum atomic E-state index is 14.9. The summed E-state index contributed by atoms with van der Waals surface area (Å²) < 4.78 is 127. The molecule has 0 unspecified atom stereocenters. The highest BCUT2D eigenvalue weighted by atomic mass is 32.2. The summed E-state index contributed by atoms with van der Waals surface area (Å²) in [4.78, 5) is 7.63. The molecule has 0 aliphatic heterocycles. The Hall–Kier alpha value is -4.15. The van der Waals surface area contributed by atoms with Gasteiger partial charge in [-0.3, -0.25) is 0 Å². The van der Waals surface area contributed by atoms with Crippen molar-refractivity contribution < 1.29 is 48.7 Å². The van der Waals surface area contributed by atoms with E-state index in [2.05, 4.69) is 9.97 Å². The first-order valence-corrected chi connectivity index (χ1v) is 15.8. The zero-order valence-electron chi connectivity index (χ0n) is 24.0. The first kappa shape index (κ1) is 33.2. The number of sulfone groups is 1. The number of aromatic nitrogens is 3. The molecular weight excluding hydrogens is 663 g/mol. The molecule has 0 saturated carbocycles. The van der Waals surface area contributed by atoms with Crippen LogP contribution in [0.4, 0.5) is 30.7 Å². The van der Waals surface area contributed by atoms with Crippen molar-refractivity contribution in [2.45, 2.75) is 41.9 Å². The van der Waals surface area contributed by atoms with Crippen molar-refractivity contribution in [1.29, 1.82) is 0 Å². The van der Waals surface area contributed by atoms with Crippen LogP contribution in [0, 0.1) is 19.7 Å². The topological polar surface area (TPSA) is 98.2 Å². The number of alkyl halides is 6. The van der Waals surface area contributed by atoms with Crippen LogP contribution in [0.2, 0.25) is 0 Å². The zero-order valence-corrected chi connectivity index (χ0v) is 25.6. The van der Waals surface area contributed by atoms with Gasteiger partial charge in [0.25, 0.3) is 0 Å². The van der Waals surface area contributed by atoms with Crippen LogP contribution in [-0.4, -0.2) is 39.8 Å². The molecule has 2 heterocycles. The van der Waals surface area contributed by atoms with Crippen molar-refractivity contribution in [2.24, 2.45) is 0 Å². The van der Waals surface area contributed by atoms with E-state index < -0.39 is 39.6 Å². The van der Waals surface area contributed by atoms with Crippen LogP contribution in [0.1, 0.15) is 23.0 Å². The lowest BCUT2D eigenvalue weighted by molar-refractivity contribution is -0.141. The summed E-state index contributed by atoms with van der Waals surface area (Å²) in [5.41, 5.74) is -5.39. The molecule has 0 saturated heterocycles. The molecule has 0 atom stereocenters. The minimum absolute atomic E-state index is 0.0541. The van der Waals surface area contributed by atoms with Gasteiger partial charge < -0.3 is 14.1 Å². The Morgan fingerprint density at radius 2 is 1.57 bits per heavy atom. The third kappa shape index (κ3) is 6.83. The predicted molar refractivity (Wildman–Crippen MR) is 155 cm³/mol. The van der Waals surface area contributed by atoms with Crippen LogP contribution >= 0.6 is 11.8 Å². The van der Waals surface area contributed by atoms with Gasteiger partial charge in [-0.2, -0.15) is 26.3 Å². The van der Waals surface area contributed by atoms with E-state index >= 15 is 0 Å². The molecule has 0 amide bonds. The van der Waals surface area contributed by atoms with Gasteiger partial charge in [0.2, 0.25) is 0 Å². The number of aliphatic hydroxyl groups excluding tert-OH is 1. The van der Waals surface area contributed by atoms with Gasteiger partial charge in [-0.25, -0.2) is 22.8 Å². The molecule has 0 aliphatic carbocycles. The summed E-state index contributed by atoms with van der Waals surface area (Å²) in [7, 11) is -3.99. The van der Waals surface area contributed by atoms with E-state index in [-0.39, 0.29) is 78.2 Å². The number of benzene rings is 3. The van der Waals surface area contributed by atoms with E-state index in [1.165, 1.54) is 56.3 Å². The van der Waals surface area contributed by atoms with Crippen LogP contribution in [-0.2, 0) is 22.6 Å². The van der Waals surface area contributed by atoms with Gasteiger partial charge in [0.1, 0.15) is 17.3 Å². The Morgan fingerprint density at radius 3 is 2.13 bits per heavy atom. The number of imidazole rings is 1. The maximum absolute atomic E-state index is 14.9. The van der Waals surface area contributed by atoms with Gasteiger partial charge >= 0.3 is 11.7 Å². The monoisotopic (exact) mass is 685 g/mol. The van der Waals surface area contributed by atoms with E-state index in [1.807, 2.05) is 0 Å². The summed E-state index contributed by atoms with van der Waals surface area (Å²) in [5, 5.41) is 9.53. The molecule has 7 nitrogen and oxygen atoms in total. The zero-order chi connectivity index (χ0) is 33.8. The number of thioether (sulfide) groups is 1. The van der Waals surface area contributed by atoms with Gasteiger partial charge in [-0.15, -0.1) is 0 Å². The first-order chi connectivity index (χ1) is 21.4. The standard InChI is InChI=1S/C30H22F7N3O4S2/c1-15-38-26(29(32,33)34)13-40(15)24-9-6-18(21-12-23(31)19(14-41)11-25(21)46(3,42)43)10-22(24)27-28(44-16(2)39-27)17-4-7-20(8-5-17)45-30(35,36)37/h4-13,41H,14H2,1-3H3. The lowest BCUT2D eigenvalue weighted by Crippen LogP contribution is -2.05. The first-order valence-electron chi connectivity index (χ1n) is 13.1. The van der Waals surface area contributed by atoms with Crippen molar-refractivity contribution in [2.75, 3.05) is 6.26 Å². The average molecular weight is 686 g/mol. The minimum Gasteiger partial charge on any atom is -0.440 e. The molecule has 3 aromatic carbocycles. The molecule has 46 heavy (non-hydrogen) atoms. The molecule has 5 rings (SSSR count). The Labute approximate surface area is 261 Å². The lowest BCUT2D eigenvalue weighted by atomic mass is 9.97. The van der Waals surface area contributed by atoms with Crippen LogP contribution in [0.25, 0.3) is 39.4 Å². The fraction of sp³-hybridized carbons (Fsp3) is 0.200. The van der Waals surface area contributed by atoms with Crippen LogP contribution in [0.3, 0.4) is 0 Å². The van der Waals surface area contributed by atoms with E-state index in [9.17, 15) is 44.3 Å². The lowest BCUT2D eigenvalue weighted by Gasteiger charge is -2.16. The highest BCUT2D eigenvalue weighted by molar-refractivity contribution is 8.00. The largest absolute Gasteiger partial charge is 0.446 e. The molecule has 242 valence electrons. The molecule has 1 N–H and O–H groups in total. The number of hydrogen-bond donors (Lipinski definition) is 1. The highest BCUT2D eigenvalue weighted by Crippen LogP contribution is 2.42. The fourth-order valence-corrected chi connectivity index (χ4v) is 6.29. The molecule has 5 aromatic rings. The molecule has 0 bridgehead atoms. The molecule has 16 heteroatoms. The third-order valence-corrected chi connectivity index (χ3v) is 8.67. The summed E-state index contributed by atoms with van der Waals surface area (Å²) in [5.74, 6) is -0.806. The highest BCUT2D eigenvalue weighted by Gasteiger charge is 2.35. The Kier molecular flexibility index (Phi) is 8.59. The van der Waals surface area contributed by atoms with Gasteiger partial charge in [0, 0.05) is 46.5 Å². The van der Waals surface area contributed by atoms with Crippen molar-refractivity contribution in [1.82, 2.24) is 14.5 Å². The Morgan fingerprint density at radius 1 is 0.913 bits per heavy atom.